The molecule has 8 nitrogen and oxygen atoms in total. The molecule has 8 heteroatoms. The number of para-hydroxylation sites is 2. The van der Waals surface area contributed by atoms with E-state index in [0.717, 1.165) is 28.2 Å². The van der Waals surface area contributed by atoms with Crippen molar-refractivity contribution >= 4 is 22.8 Å². The van der Waals surface area contributed by atoms with Crippen LogP contribution in [0.25, 0.3) is 0 Å². The number of fused-ring (bicyclic) bond motifs is 2. The number of hydrogen-bond acceptors (Lipinski definition) is 7. The van der Waals surface area contributed by atoms with Gasteiger partial charge < -0.3 is 20.1 Å². The van der Waals surface area contributed by atoms with Crippen LogP contribution in [0.4, 0.5) is 17.1 Å². The first kappa shape index (κ1) is 21.2. The van der Waals surface area contributed by atoms with Gasteiger partial charge in [-0.25, -0.2) is 0 Å². The minimum atomic E-state index is -0.720. The predicted octanol–water partition coefficient (Wildman–Crippen LogP) is 5.61. The molecule has 2 atom stereocenters. The van der Waals surface area contributed by atoms with E-state index in [-0.39, 0.29) is 24.2 Å². The van der Waals surface area contributed by atoms with Crippen molar-refractivity contribution in [2.75, 3.05) is 17.4 Å². The zero-order chi connectivity index (χ0) is 24.1. The number of allylic oxidation sites excluding steroid dienone is 1. The Morgan fingerprint density at radius 1 is 0.971 bits per heavy atom. The minimum absolute atomic E-state index is 0.00350. The fourth-order valence-corrected chi connectivity index (χ4v) is 5.14. The van der Waals surface area contributed by atoms with E-state index in [9.17, 15) is 14.9 Å². The number of Topliss-reactive ketones (excluding diaryl/α,β-unsaturated/α-hetero) is 1. The largest absolute Gasteiger partial charge is 0.454 e. The third kappa shape index (κ3) is 3.67. The Kier molecular flexibility index (Phi) is 4.95. The Bertz CT molecular complexity index is 1400. The molecule has 0 unspecified atom stereocenters. The van der Waals surface area contributed by atoms with Crippen molar-refractivity contribution < 1.29 is 19.2 Å². The normalized spacial score (nSPS) is 20.3. The molecule has 3 aromatic carbocycles. The van der Waals surface area contributed by atoms with Crippen molar-refractivity contribution in [3.63, 3.8) is 0 Å². The Balaban J connectivity index is 1.51. The molecule has 0 aromatic heterocycles. The highest BCUT2D eigenvalue weighted by Gasteiger charge is 2.39. The molecule has 0 fully saturated rings. The summed E-state index contributed by atoms with van der Waals surface area (Å²) in [5.41, 5.74) is 5.40. The smallest absolute Gasteiger partial charge is 0.279 e. The van der Waals surface area contributed by atoms with E-state index in [1.165, 1.54) is 6.07 Å². The van der Waals surface area contributed by atoms with Crippen molar-refractivity contribution in [3.05, 3.63) is 98.7 Å². The number of aryl methyl sites for hydroxylation is 1. The van der Waals surface area contributed by atoms with Crippen molar-refractivity contribution in [2.45, 2.75) is 31.7 Å². The van der Waals surface area contributed by atoms with Gasteiger partial charge in [0.1, 0.15) is 0 Å². The van der Waals surface area contributed by atoms with Gasteiger partial charge >= 0.3 is 0 Å². The molecule has 176 valence electrons. The minimum Gasteiger partial charge on any atom is -0.454 e. The van der Waals surface area contributed by atoms with Crippen LogP contribution in [-0.4, -0.2) is 17.5 Å². The molecule has 3 aliphatic rings. The molecule has 0 saturated heterocycles. The molecule has 0 amide bonds. The number of nitro benzene ring substituents is 1. The lowest BCUT2D eigenvalue weighted by Crippen LogP contribution is -2.27. The van der Waals surface area contributed by atoms with Crippen LogP contribution >= 0.6 is 0 Å². The van der Waals surface area contributed by atoms with E-state index in [4.69, 9.17) is 9.47 Å². The number of hydrogen-bond donors (Lipinski definition) is 2. The van der Waals surface area contributed by atoms with Gasteiger partial charge in [0.05, 0.1) is 34.0 Å². The van der Waals surface area contributed by atoms with E-state index < -0.39 is 11.0 Å². The maximum Gasteiger partial charge on any atom is 0.279 e. The molecule has 6 rings (SSSR count). The van der Waals surface area contributed by atoms with Crippen LogP contribution in [0.1, 0.15) is 41.5 Å². The fraction of sp³-hybridized carbons (Fsp3) is 0.222. The lowest BCUT2D eigenvalue weighted by Gasteiger charge is -2.30. The van der Waals surface area contributed by atoms with Crippen molar-refractivity contribution in [1.82, 2.24) is 0 Å². The average Bonchev–Trinajstić information content (AvgIpc) is 3.24. The molecule has 1 aliphatic carbocycles. The van der Waals surface area contributed by atoms with Crippen LogP contribution in [0.5, 0.6) is 11.5 Å². The predicted molar refractivity (Wildman–Crippen MR) is 131 cm³/mol. The van der Waals surface area contributed by atoms with Crippen molar-refractivity contribution in [1.29, 1.82) is 0 Å². The standard InChI is InChI=1S/C27H23N3O5/c1-15-6-8-16(9-7-15)17-10-21-26(23(31)11-17)27(29-20-5-3-2-4-19(20)28-21)18-12-24-25(35-14-34-24)13-22(18)30(32)33/h2-9,12-13,17,27-29H,10-11,14H2,1H3/t17-,27-/m0/s1. The number of benzene rings is 3. The average molecular weight is 469 g/mol. The number of carbonyl (C=O) groups is 1. The van der Waals surface area contributed by atoms with Gasteiger partial charge in [0.15, 0.2) is 17.3 Å². The number of ketones is 1. The lowest BCUT2D eigenvalue weighted by atomic mass is 9.78. The van der Waals surface area contributed by atoms with Gasteiger partial charge in [-0.2, -0.15) is 0 Å². The van der Waals surface area contributed by atoms with Gasteiger partial charge in [-0.05, 0) is 43.0 Å². The number of anilines is 2. The Labute approximate surface area is 201 Å². The maximum atomic E-state index is 13.7. The number of nitro groups is 1. The van der Waals surface area contributed by atoms with E-state index in [2.05, 4.69) is 34.9 Å². The van der Waals surface area contributed by atoms with Crippen LogP contribution in [0.2, 0.25) is 0 Å². The molecule has 3 aromatic rings. The molecule has 0 bridgehead atoms. The van der Waals surface area contributed by atoms with Crippen molar-refractivity contribution in [3.8, 4) is 11.5 Å². The number of carbonyl (C=O) groups excluding carboxylic acids is 1. The zero-order valence-electron chi connectivity index (χ0n) is 19.0. The van der Waals surface area contributed by atoms with Crippen LogP contribution < -0.4 is 20.1 Å². The van der Waals surface area contributed by atoms with Gasteiger partial charge in [-0.1, -0.05) is 42.0 Å². The van der Waals surface area contributed by atoms with Gasteiger partial charge in [0.25, 0.3) is 5.69 Å². The lowest BCUT2D eigenvalue weighted by molar-refractivity contribution is -0.385. The van der Waals surface area contributed by atoms with Gasteiger partial charge in [0.2, 0.25) is 6.79 Å². The summed E-state index contributed by atoms with van der Waals surface area (Å²) in [5.74, 6) is 0.741. The molecule has 2 aliphatic heterocycles. The topological polar surface area (TPSA) is 103 Å². The second kappa shape index (κ2) is 8.16. The number of rotatable bonds is 3. The molecular weight excluding hydrogens is 446 g/mol. The van der Waals surface area contributed by atoms with Crippen LogP contribution in [0.3, 0.4) is 0 Å². The highest BCUT2D eigenvalue weighted by molar-refractivity contribution is 6.01. The van der Waals surface area contributed by atoms with E-state index in [1.807, 2.05) is 31.2 Å². The second-order valence-corrected chi connectivity index (χ2v) is 9.10. The Hall–Kier alpha value is -4.33. The van der Waals surface area contributed by atoms with Gasteiger partial charge in [0, 0.05) is 17.7 Å². The number of nitrogens with zero attached hydrogens (tertiary/aromatic N) is 1. The summed E-state index contributed by atoms with van der Waals surface area (Å²) in [5, 5.41) is 19.0. The Morgan fingerprint density at radius 3 is 2.43 bits per heavy atom. The van der Waals surface area contributed by atoms with Gasteiger partial charge in [-0.3, -0.25) is 14.9 Å². The number of ether oxygens (including phenoxy) is 2. The molecule has 0 saturated carbocycles. The third-order valence-corrected chi connectivity index (χ3v) is 6.89. The fourth-order valence-electron chi connectivity index (χ4n) is 5.14. The molecular formula is C27H23N3O5. The second-order valence-electron chi connectivity index (χ2n) is 9.10. The maximum absolute atomic E-state index is 13.7. The van der Waals surface area contributed by atoms with Crippen LogP contribution in [-0.2, 0) is 4.79 Å². The van der Waals surface area contributed by atoms with E-state index >= 15 is 0 Å². The van der Waals surface area contributed by atoms with E-state index in [0.29, 0.717) is 35.5 Å². The summed E-state index contributed by atoms with van der Waals surface area (Å²) < 4.78 is 10.9. The first-order valence-electron chi connectivity index (χ1n) is 11.5. The molecule has 0 radical (unpaired) electrons. The summed E-state index contributed by atoms with van der Waals surface area (Å²) in [7, 11) is 0. The summed E-state index contributed by atoms with van der Waals surface area (Å²) in [4.78, 5) is 25.3. The quantitative estimate of drug-likeness (QED) is 0.380. The third-order valence-electron chi connectivity index (χ3n) is 6.89. The summed E-state index contributed by atoms with van der Waals surface area (Å²) in [6.07, 6.45) is 0.950. The molecule has 0 spiro atoms. The Morgan fingerprint density at radius 2 is 1.69 bits per heavy atom. The first-order valence-corrected chi connectivity index (χ1v) is 11.5. The summed E-state index contributed by atoms with van der Waals surface area (Å²) >= 11 is 0. The summed E-state index contributed by atoms with van der Waals surface area (Å²) in [6, 6.07) is 18.2. The first-order chi connectivity index (χ1) is 17.0. The van der Waals surface area contributed by atoms with E-state index in [1.54, 1.807) is 6.07 Å². The monoisotopic (exact) mass is 469 g/mol. The molecule has 35 heavy (non-hydrogen) atoms. The summed E-state index contributed by atoms with van der Waals surface area (Å²) in [6.45, 7) is 2.04. The van der Waals surface area contributed by atoms with Gasteiger partial charge in [-0.15, -0.1) is 0 Å². The van der Waals surface area contributed by atoms with Crippen molar-refractivity contribution in [2.24, 2.45) is 0 Å². The van der Waals surface area contributed by atoms with Crippen LogP contribution in [0, 0.1) is 17.0 Å². The van der Waals surface area contributed by atoms with Crippen LogP contribution in [0.15, 0.2) is 71.9 Å². The molecule has 2 heterocycles. The number of nitrogens with one attached hydrogen (secondary N) is 2. The highest BCUT2D eigenvalue weighted by Crippen LogP contribution is 2.48. The zero-order valence-corrected chi connectivity index (χ0v) is 19.0. The highest BCUT2D eigenvalue weighted by atomic mass is 16.7. The molecule has 2 N–H and O–H groups in total. The SMILES string of the molecule is Cc1ccc([C@@H]2CC(=O)C3=C(C2)Nc2ccccc2N[C@H]3c2cc3c(cc2[N+](=O)[O-])OCO3)cc1.